The normalized spacial score (nSPS) is 17.6. The number of rotatable bonds is 21. The maximum atomic E-state index is 13.6. The molecule has 0 bridgehead atoms. The summed E-state index contributed by atoms with van der Waals surface area (Å²) in [5.74, 6) is -3.11. The third-order valence-electron chi connectivity index (χ3n) is 24.0. The molecule has 6 unspecified atom stereocenters. The maximum Gasteiger partial charge on any atom is 0.332 e. The van der Waals surface area contributed by atoms with Gasteiger partial charge in [0.05, 0.1) is 28.6 Å². The van der Waals surface area contributed by atoms with Gasteiger partial charge in [-0.3, -0.25) is 39.0 Å². The van der Waals surface area contributed by atoms with Crippen LogP contribution >= 0.6 is 15.9 Å². The monoisotopic (exact) mass is 1980 g/mol. The van der Waals surface area contributed by atoms with Crippen LogP contribution in [0.4, 0.5) is 99.4 Å². The van der Waals surface area contributed by atoms with Crippen LogP contribution in [0.2, 0.25) is 0 Å². The van der Waals surface area contributed by atoms with Crippen LogP contribution < -0.4 is 35.1 Å². The molecule has 3 aliphatic rings. The highest BCUT2D eigenvalue weighted by molar-refractivity contribution is 9.10. The Kier molecular flexibility index (Phi) is 36.8. The molecule has 3 heterocycles. The first-order valence-electron chi connectivity index (χ1n) is 45.7. The quantitative estimate of drug-likeness (QED) is 0.0133. The maximum absolute atomic E-state index is 13.6. The fourth-order valence-electron chi connectivity index (χ4n) is 17.1. The number of nitrogen functional groups attached to an aromatic ring is 1. The second-order valence-corrected chi connectivity index (χ2v) is 35.0. The molecular weight excluding hydrogens is 1880 g/mol. The topological polar surface area (TPSA) is 221 Å². The minimum absolute atomic E-state index is 0.0469. The van der Waals surface area contributed by atoms with E-state index in [1.807, 2.05) is 172 Å². The zero-order valence-corrected chi connectivity index (χ0v) is 80.8. The zero-order valence-electron chi connectivity index (χ0n) is 79.2. The lowest BCUT2D eigenvalue weighted by Gasteiger charge is -2.37. The van der Waals surface area contributed by atoms with Crippen molar-refractivity contribution in [3.05, 3.63) is 453 Å². The summed E-state index contributed by atoms with van der Waals surface area (Å²) in [5, 5.41) is 36.2. The summed E-state index contributed by atoms with van der Waals surface area (Å²) in [6.45, 7) is 19.3. The number of amides is 6. The molecule has 3 aliphatic heterocycles. The molecule has 0 spiro atoms. The SMILES string of the molecule is CCC(Br)C(=O)c1cccc(C)c1.CCC(Cc1ccc(F)cc1)C(=O)c1cccc(C)c1.CCC1N(c2ccc(F)cc2)C(=O)N(c2ccc(F)cc2)C1(O)c1cccc(C)c1.CC[C@@H]1N(c2ccc(F)cc2)C(=O)N(c2ccc(F)cc2)C1(O)c1cccc(C)c1.CC[C@H]1N(c2ccc(F)cc2)C(=O)N(c2ccc(F)cc2)C1(O)c1cccc(C)c1.Nc1ccc(F)cc1.O=C=Nc1ccc(F)cc1. The van der Waals surface area contributed by atoms with Crippen LogP contribution in [-0.2, 0) is 28.4 Å². The molecule has 8 atom stereocenters. The van der Waals surface area contributed by atoms with Gasteiger partial charge in [0.15, 0.2) is 28.7 Å². The van der Waals surface area contributed by atoms with E-state index in [9.17, 15) is 83.6 Å². The van der Waals surface area contributed by atoms with E-state index in [-0.39, 0.29) is 39.8 Å². The molecule has 14 aromatic carbocycles. The van der Waals surface area contributed by atoms with Crippen molar-refractivity contribution in [2.24, 2.45) is 10.9 Å². The van der Waals surface area contributed by atoms with E-state index < -0.39 is 88.3 Å². The smallest absolute Gasteiger partial charge is 0.332 e. The molecule has 0 saturated carbocycles. The molecule has 3 fully saturated rings. The number of aliphatic imine (C=N–C) groups is 1. The number of carbonyl (C=O) groups is 5. The number of Topliss-reactive ketones (excluding diaryl/α,β-unsaturated/α-hetero) is 2. The molecule has 0 aliphatic carbocycles. The van der Waals surface area contributed by atoms with Crippen LogP contribution in [0.5, 0.6) is 0 Å². The van der Waals surface area contributed by atoms with Gasteiger partial charge in [-0.2, -0.15) is 4.99 Å². The molecule has 17 rings (SSSR count). The number of carbonyl (C=O) groups excluding carboxylic acids is 6. The number of hydrogen-bond acceptors (Lipinski definition) is 11. The minimum Gasteiger partial charge on any atom is -0.399 e. The van der Waals surface area contributed by atoms with E-state index >= 15 is 0 Å². The third-order valence-corrected chi connectivity index (χ3v) is 25.0. The number of halogens is 10. The summed E-state index contributed by atoms with van der Waals surface area (Å²) in [4.78, 5) is 86.3. The average Bonchev–Trinajstić information content (AvgIpc) is 1.57. The number of urea groups is 3. The molecule has 728 valence electrons. The van der Waals surface area contributed by atoms with E-state index in [2.05, 4.69) is 20.9 Å². The molecule has 17 nitrogen and oxygen atoms in total. The molecule has 6 amide bonds. The van der Waals surface area contributed by atoms with Gasteiger partial charge in [0.2, 0.25) is 6.08 Å². The van der Waals surface area contributed by atoms with E-state index in [0.717, 1.165) is 57.3 Å². The van der Waals surface area contributed by atoms with Crippen molar-refractivity contribution in [3.63, 3.8) is 0 Å². The van der Waals surface area contributed by atoms with Crippen molar-refractivity contribution >= 4 is 97.2 Å². The largest absolute Gasteiger partial charge is 0.399 e. The van der Waals surface area contributed by atoms with Gasteiger partial charge in [-0.15, -0.1) is 0 Å². The number of nitrogens with zero attached hydrogens (tertiary/aromatic N) is 7. The summed E-state index contributed by atoms with van der Waals surface area (Å²) >= 11 is 3.35. The molecule has 27 heteroatoms. The highest BCUT2D eigenvalue weighted by atomic mass is 79.9. The summed E-state index contributed by atoms with van der Waals surface area (Å²) in [5.41, 5.74) is 12.9. The molecule has 14 aromatic rings. The number of anilines is 7. The Morgan fingerprint density at radius 1 is 0.348 bits per heavy atom. The summed E-state index contributed by atoms with van der Waals surface area (Å²) < 4.78 is 118. The molecular formula is C114H108BrF9N8O9. The molecule has 0 radical (unpaired) electrons. The fraction of sp³-hybridized carbons (Fsp3) is 0.211. The van der Waals surface area contributed by atoms with Crippen LogP contribution in [0.3, 0.4) is 0 Å². The van der Waals surface area contributed by atoms with Gasteiger partial charge in [0, 0.05) is 73.5 Å². The Labute approximate surface area is 823 Å². The van der Waals surface area contributed by atoms with Crippen molar-refractivity contribution < 1.29 is 83.6 Å². The number of nitrogens with two attached hydrogens (primary N) is 1. The lowest BCUT2D eigenvalue weighted by atomic mass is 9.89. The number of aliphatic hydroxyl groups is 3. The van der Waals surface area contributed by atoms with E-state index in [0.29, 0.717) is 87.9 Å². The molecule has 5 N–H and O–H groups in total. The Bertz CT molecular complexity index is 6200. The van der Waals surface area contributed by atoms with Gasteiger partial charge in [-0.1, -0.05) is 200 Å². The summed E-state index contributed by atoms with van der Waals surface area (Å²) in [7, 11) is 0. The second kappa shape index (κ2) is 48.6. The Hall–Kier alpha value is -14.9. The van der Waals surface area contributed by atoms with Crippen LogP contribution in [0, 0.1) is 92.9 Å². The van der Waals surface area contributed by atoms with E-state index in [4.69, 9.17) is 5.73 Å². The lowest BCUT2D eigenvalue weighted by Crippen LogP contribution is -2.49. The Morgan fingerprint density at radius 2 is 0.596 bits per heavy atom. The fourth-order valence-corrected chi connectivity index (χ4v) is 17.3. The number of ketones is 2. The zero-order chi connectivity index (χ0) is 102. The van der Waals surface area contributed by atoms with Gasteiger partial charge in [0.1, 0.15) is 52.4 Å². The first-order chi connectivity index (χ1) is 67.4. The summed E-state index contributed by atoms with van der Waals surface area (Å²) in [6, 6.07) is 84.5. The van der Waals surface area contributed by atoms with Crippen molar-refractivity contribution in [2.45, 2.75) is 148 Å². The number of alkyl halides is 1. The van der Waals surface area contributed by atoms with Crippen molar-refractivity contribution in [2.75, 3.05) is 35.1 Å². The lowest BCUT2D eigenvalue weighted by molar-refractivity contribution is 0.0303. The Morgan fingerprint density at radius 3 is 0.844 bits per heavy atom. The third kappa shape index (κ3) is 25.6. The standard InChI is InChI=1S/3C24H22F2N2O2.C18H19FO.C11H13BrO.C7H4FNO.C6H6FN/c3*1-3-22-24(30,17-6-4-5-16(2)15-17)28(21-13-9-19(26)10-14-21)23(29)27(22)20-11-7-18(25)8-12-20;1-3-15(12-14-7-9-17(19)10-8-14)18(20)16-6-4-5-13(2)11-16;1-3-10(12)11(13)9-6-4-5-8(2)7-9;8-6-1-3-7(4-2-6)9-5-10;7-5-1-3-6(8)4-2-5/h3*4-15,22,30H,3H2,1-2H3;4-11,15H,3,12H2,1-2H3;4-7,10H,3H2,1-2H3;1-4H;1-4H,8H2/t2*22-,24?;;;;;/m10...../s1. The predicted octanol–water partition coefficient (Wildman–Crippen LogP) is 27.2. The van der Waals surface area contributed by atoms with E-state index in [1.54, 1.807) is 30.3 Å². The first kappa shape index (κ1) is 107. The number of benzene rings is 14. The molecule has 141 heavy (non-hydrogen) atoms. The van der Waals surface area contributed by atoms with Gasteiger partial charge in [-0.25, -0.2) is 58.7 Å². The van der Waals surface area contributed by atoms with Crippen molar-refractivity contribution in [1.82, 2.24) is 0 Å². The highest BCUT2D eigenvalue weighted by Crippen LogP contribution is 2.50. The highest BCUT2D eigenvalue weighted by Gasteiger charge is 2.61. The molecule has 0 aromatic heterocycles. The van der Waals surface area contributed by atoms with Gasteiger partial charge in [0.25, 0.3) is 0 Å². The number of hydrogen-bond donors (Lipinski definition) is 4. The summed E-state index contributed by atoms with van der Waals surface area (Å²) in [6.07, 6.45) is 4.93. The Balaban J connectivity index is 0.000000164. The predicted molar refractivity (Wildman–Crippen MR) is 540 cm³/mol. The van der Waals surface area contributed by atoms with Gasteiger partial charge < -0.3 is 21.1 Å². The van der Waals surface area contributed by atoms with Crippen molar-refractivity contribution in [3.8, 4) is 0 Å². The van der Waals surface area contributed by atoms with Crippen molar-refractivity contribution in [1.29, 1.82) is 0 Å². The number of aryl methyl sites for hydroxylation is 5. The van der Waals surface area contributed by atoms with Crippen LogP contribution in [0.1, 0.15) is 138 Å². The van der Waals surface area contributed by atoms with Gasteiger partial charge in [-0.05, 0) is 297 Å². The first-order valence-corrected chi connectivity index (χ1v) is 46.6. The van der Waals surface area contributed by atoms with Gasteiger partial charge >= 0.3 is 18.1 Å². The van der Waals surface area contributed by atoms with Crippen LogP contribution in [0.15, 0.2) is 345 Å². The van der Waals surface area contributed by atoms with Crippen LogP contribution in [0.25, 0.3) is 0 Å². The average molecular weight is 1990 g/mol. The minimum atomic E-state index is -1.70. The molecule has 3 saturated heterocycles. The second-order valence-electron chi connectivity index (χ2n) is 33.9. The van der Waals surface area contributed by atoms with E-state index in [1.165, 1.54) is 242 Å². The number of isocyanates is 1. The van der Waals surface area contributed by atoms with Crippen LogP contribution in [-0.4, -0.2) is 74.0 Å².